The average molecular weight is 271 g/mol. The topological polar surface area (TPSA) is 104 Å². The largest absolute Gasteiger partial charge is 0.465 e. The Labute approximate surface area is 96.9 Å². The Bertz CT molecular complexity index is 401. The first-order valence-electron chi connectivity index (χ1n) is 4.62. The highest BCUT2D eigenvalue weighted by molar-refractivity contribution is 7.87. The third kappa shape index (κ3) is 5.06. The highest BCUT2D eigenvalue weighted by Gasteiger charge is 2.54. The summed E-state index contributed by atoms with van der Waals surface area (Å²) < 4.78 is 57.5. The van der Waals surface area contributed by atoms with Crippen LogP contribution in [-0.4, -0.2) is 30.8 Å². The second-order valence-electron chi connectivity index (χ2n) is 3.10. The minimum atomic E-state index is -5.80. The molecule has 0 aliphatic carbocycles. The summed E-state index contributed by atoms with van der Waals surface area (Å²) in [6.07, 6.45) is 1.55. The number of alkyl halides is 2. The zero-order valence-corrected chi connectivity index (χ0v) is 9.54. The van der Waals surface area contributed by atoms with E-state index in [1.165, 1.54) is 0 Å². The Balaban J connectivity index is 4.00. The highest BCUT2D eigenvalue weighted by atomic mass is 32.2. The second kappa shape index (κ2) is 6.46. The number of esters is 1. The minimum absolute atomic E-state index is 0.231. The molecule has 0 saturated heterocycles. The van der Waals surface area contributed by atoms with Crippen LogP contribution >= 0.6 is 0 Å². The van der Waals surface area contributed by atoms with E-state index < -0.39 is 27.9 Å². The molecule has 9 heteroatoms. The second-order valence-corrected chi connectivity index (χ2v) is 4.56. The van der Waals surface area contributed by atoms with Gasteiger partial charge in [-0.3, -0.25) is 4.55 Å². The summed E-state index contributed by atoms with van der Waals surface area (Å²) in [5.74, 6) is -2.31. The molecule has 98 valence electrons. The highest BCUT2D eigenvalue weighted by Crippen LogP contribution is 2.22. The summed E-state index contributed by atoms with van der Waals surface area (Å²) >= 11 is 0. The van der Waals surface area contributed by atoms with Gasteiger partial charge in [-0.25, -0.2) is 4.79 Å². The van der Waals surface area contributed by atoms with Crippen molar-refractivity contribution < 1.29 is 31.3 Å². The van der Waals surface area contributed by atoms with E-state index >= 15 is 0 Å². The summed E-state index contributed by atoms with van der Waals surface area (Å²) in [6.45, 7) is -0.393. The molecule has 0 aliphatic heterocycles. The van der Waals surface area contributed by atoms with Crippen LogP contribution in [0.4, 0.5) is 8.78 Å². The van der Waals surface area contributed by atoms with Crippen LogP contribution in [0.5, 0.6) is 0 Å². The van der Waals surface area contributed by atoms with E-state index in [4.69, 9.17) is 9.81 Å². The SMILES string of the molecule is N#CCCCCCOC(=O)C(F)(F)S(=O)(=O)O. The lowest BCUT2D eigenvalue weighted by atomic mass is 10.2. The van der Waals surface area contributed by atoms with Crippen molar-refractivity contribution >= 4 is 16.1 Å². The van der Waals surface area contributed by atoms with E-state index in [0.29, 0.717) is 19.3 Å². The van der Waals surface area contributed by atoms with Gasteiger partial charge in [0.15, 0.2) is 0 Å². The summed E-state index contributed by atoms with van der Waals surface area (Å²) in [5, 5.41) is 3.23. The van der Waals surface area contributed by atoms with Gasteiger partial charge >= 0.3 is 21.3 Å². The Hall–Kier alpha value is -1.27. The normalized spacial score (nSPS) is 11.9. The third-order valence-corrected chi connectivity index (χ3v) is 2.54. The number of carbonyl (C=O) groups excluding carboxylic acids is 1. The van der Waals surface area contributed by atoms with Gasteiger partial charge < -0.3 is 4.74 Å². The zero-order valence-electron chi connectivity index (χ0n) is 8.73. The number of unbranched alkanes of at least 4 members (excludes halogenated alkanes) is 3. The van der Waals surface area contributed by atoms with Crippen LogP contribution in [0.1, 0.15) is 25.7 Å². The first-order valence-corrected chi connectivity index (χ1v) is 6.06. The van der Waals surface area contributed by atoms with E-state index in [9.17, 15) is 22.0 Å². The molecule has 0 aromatic carbocycles. The third-order valence-electron chi connectivity index (χ3n) is 1.73. The first-order chi connectivity index (χ1) is 7.73. The monoisotopic (exact) mass is 271 g/mol. The summed E-state index contributed by atoms with van der Waals surface area (Å²) in [5.41, 5.74) is 0. The van der Waals surface area contributed by atoms with Crippen LogP contribution < -0.4 is 0 Å². The van der Waals surface area contributed by atoms with Crippen LogP contribution in [0.25, 0.3) is 0 Å². The predicted octanol–water partition coefficient (Wildman–Crippen LogP) is 1.09. The van der Waals surface area contributed by atoms with Crippen molar-refractivity contribution in [2.75, 3.05) is 6.61 Å². The van der Waals surface area contributed by atoms with Gasteiger partial charge in [0.05, 0.1) is 12.7 Å². The average Bonchev–Trinajstić information content (AvgIpc) is 2.21. The lowest BCUT2D eigenvalue weighted by Gasteiger charge is -2.11. The minimum Gasteiger partial charge on any atom is -0.460 e. The Morgan fingerprint density at radius 2 is 1.94 bits per heavy atom. The van der Waals surface area contributed by atoms with E-state index in [2.05, 4.69) is 4.74 Å². The van der Waals surface area contributed by atoms with Gasteiger partial charge in [-0.15, -0.1) is 0 Å². The van der Waals surface area contributed by atoms with Crippen molar-refractivity contribution in [3.05, 3.63) is 0 Å². The number of nitriles is 1. The molecule has 0 aliphatic rings. The lowest BCUT2D eigenvalue weighted by Crippen LogP contribution is -2.39. The fourth-order valence-corrected chi connectivity index (χ4v) is 1.11. The van der Waals surface area contributed by atoms with Gasteiger partial charge in [0, 0.05) is 6.42 Å². The summed E-state index contributed by atoms with van der Waals surface area (Å²) in [4.78, 5) is 10.6. The van der Waals surface area contributed by atoms with Gasteiger partial charge in [0.1, 0.15) is 0 Å². The molecule has 0 rings (SSSR count). The van der Waals surface area contributed by atoms with Crippen molar-refractivity contribution in [1.82, 2.24) is 0 Å². The van der Waals surface area contributed by atoms with E-state index in [-0.39, 0.29) is 6.42 Å². The molecule has 1 N–H and O–H groups in total. The van der Waals surface area contributed by atoms with Crippen molar-refractivity contribution in [3.8, 4) is 6.07 Å². The molecule has 0 atom stereocenters. The molecule has 0 aromatic rings. The van der Waals surface area contributed by atoms with Crippen molar-refractivity contribution in [1.29, 1.82) is 5.26 Å². The van der Waals surface area contributed by atoms with E-state index in [1.54, 1.807) is 0 Å². The van der Waals surface area contributed by atoms with Crippen molar-refractivity contribution in [2.24, 2.45) is 0 Å². The maximum absolute atomic E-state index is 12.6. The van der Waals surface area contributed by atoms with Gasteiger partial charge in [-0.2, -0.15) is 22.5 Å². The molecular weight excluding hydrogens is 260 g/mol. The first kappa shape index (κ1) is 15.7. The molecule has 0 heterocycles. The quantitative estimate of drug-likeness (QED) is 0.422. The number of nitrogens with zero attached hydrogens (tertiary/aromatic N) is 1. The molecule has 0 saturated carbocycles. The number of hydrogen-bond donors (Lipinski definition) is 1. The molecule has 17 heavy (non-hydrogen) atoms. The van der Waals surface area contributed by atoms with Crippen LogP contribution in [-0.2, 0) is 19.6 Å². The number of rotatable bonds is 7. The smallest absolute Gasteiger partial charge is 0.460 e. The fraction of sp³-hybridized carbons (Fsp3) is 0.750. The number of halogens is 2. The molecular formula is C8H11F2NO5S. The van der Waals surface area contributed by atoms with Crippen LogP contribution in [0, 0.1) is 11.3 Å². The van der Waals surface area contributed by atoms with Crippen LogP contribution in [0.3, 0.4) is 0 Å². The molecule has 0 amide bonds. The molecule has 0 radical (unpaired) electrons. The van der Waals surface area contributed by atoms with E-state index in [0.717, 1.165) is 0 Å². The van der Waals surface area contributed by atoms with Gasteiger partial charge in [-0.1, -0.05) is 0 Å². The number of hydrogen-bond acceptors (Lipinski definition) is 5. The van der Waals surface area contributed by atoms with Crippen LogP contribution in [0.2, 0.25) is 0 Å². The zero-order chi connectivity index (χ0) is 13.5. The standard InChI is InChI=1S/C8H11F2NO5S/c9-8(10,17(13,14)15)7(12)16-6-4-2-1-3-5-11/h1-4,6H2,(H,13,14,15). The Kier molecular flexibility index (Phi) is 5.98. The molecule has 0 fully saturated rings. The van der Waals surface area contributed by atoms with Crippen molar-refractivity contribution in [3.63, 3.8) is 0 Å². The fourth-order valence-electron chi connectivity index (χ4n) is 0.837. The lowest BCUT2D eigenvalue weighted by molar-refractivity contribution is -0.161. The summed E-state index contributed by atoms with van der Waals surface area (Å²) in [6, 6.07) is 1.87. The Morgan fingerprint density at radius 3 is 2.41 bits per heavy atom. The predicted molar refractivity (Wildman–Crippen MR) is 51.5 cm³/mol. The van der Waals surface area contributed by atoms with E-state index in [1.807, 2.05) is 6.07 Å². The van der Waals surface area contributed by atoms with Crippen LogP contribution in [0.15, 0.2) is 0 Å². The number of carbonyl (C=O) groups is 1. The molecule has 0 unspecified atom stereocenters. The van der Waals surface area contributed by atoms with Gasteiger partial charge in [0.25, 0.3) is 0 Å². The maximum atomic E-state index is 12.6. The van der Waals surface area contributed by atoms with Gasteiger partial charge in [-0.05, 0) is 19.3 Å². The molecule has 0 spiro atoms. The Morgan fingerprint density at radius 1 is 1.35 bits per heavy atom. The number of ether oxygens (including phenoxy) is 1. The summed E-state index contributed by atoms with van der Waals surface area (Å²) in [7, 11) is -5.80. The maximum Gasteiger partial charge on any atom is 0.465 e. The van der Waals surface area contributed by atoms with Gasteiger partial charge in [0.2, 0.25) is 0 Å². The molecule has 6 nitrogen and oxygen atoms in total. The molecule has 0 bridgehead atoms. The molecule has 0 aromatic heterocycles. The van der Waals surface area contributed by atoms with Crippen molar-refractivity contribution in [2.45, 2.75) is 30.9 Å².